The van der Waals surface area contributed by atoms with E-state index in [0.717, 1.165) is 44.9 Å². The van der Waals surface area contributed by atoms with Gasteiger partial charge in [0.15, 0.2) is 0 Å². The largest absolute Gasteiger partial charge is 0.481 e. The molecular weight excluding hydrogens is 360 g/mol. The van der Waals surface area contributed by atoms with Crippen LogP contribution >= 0.6 is 0 Å². The molecule has 0 heterocycles. The molecule has 0 bridgehead atoms. The monoisotopic (exact) mass is 400 g/mol. The fraction of sp³-hybridized carbons (Fsp3) is 0.864. The molecule has 0 aliphatic heterocycles. The fourth-order valence-electron chi connectivity index (χ4n) is 4.34. The van der Waals surface area contributed by atoms with Crippen molar-refractivity contribution in [2.24, 2.45) is 11.8 Å². The number of hydrogen-bond acceptors (Lipinski definition) is 5. The van der Waals surface area contributed by atoms with E-state index in [4.69, 9.17) is 9.99 Å². The number of carboxylic acids is 1. The molecular formula is C22H40O6. The molecule has 0 aromatic heterocycles. The van der Waals surface area contributed by atoms with E-state index in [1.807, 2.05) is 19.1 Å². The maximum atomic E-state index is 10.8. The van der Waals surface area contributed by atoms with Crippen LogP contribution in [0, 0.1) is 11.8 Å². The van der Waals surface area contributed by atoms with Crippen LogP contribution in [0.1, 0.15) is 91.4 Å². The van der Waals surface area contributed by atoms with Gasteiger partial charge in [-0.2, -0.15) is 0 Å². The molecule has 4 N–H and O–H groups in total. The van der Waals surface area contributed by atoms with E-state index in [9.17, 15) is 20.3 Å². The van der Waals surface area contributed by atoms with Crippen molar-refractivity contribution >= 4 is 5.97 Å². The second-order valence-corrected chi connectivity index (χ2v) is 8.89. The zero-order valence-corrected chi connectivity index (χ0v) is 17.8. The number of rotatable bonds is 14. The molecule has 1 aliphatic carbocycles. The third kappa shape index (κ3) is 8.19. The van der Waals surface area contributed by atoms with Crippen LogP contribution in [0.2, 0.25) is 0 Å². The van der Waals surface area contributed by atoms with Gasteiger partial charge in [0.2, 0.25) is 0 Å². The van der Waals surface area contributed by atoms with Crippen molar-refractivity contribution in [3.8, 4) is 0 Å². The summed E-state index contributed by atoms with van der Waals surface area (Å²) in [5.41, 5.74) is -1.79. The Hall–Kier alpha value is -0.950. The smallest absolute Gasteiger partial charge is 0.303 e. The summed E-state index contributed by atoms with van der Waals surface area (Å²) >= 11 is 0. The topological polar surface area (TPSA) is 107 Å². The van der Waals surface area contributed by atoms with Gasteiger partial charge in [-0.3, -0.25) is 10.1 Å². The van der Waals surface area contributed by atoms with Crippen LogP contribution in [0.5, 0.6) is 0 Å². The predicted molar refractivity (Wildman–Crippen MR) is 109 cm³/mol. The van der Waals surface area contributed by atoms with Crippen LogP contribution in [-0.2, 0) is 9.68 Å². The molecule has 1 aliphatic rings. The fourth-order valence-corrected chi connectivity index (χ4v) is 4.34. The van der Waals surface area contributed by atoms with Crippen molar-refractivity contribution in [1.82, 2.24) is 0 Å². The minimum Gasteiger partial charge on any atom is -0.481 e. The Kier molecular flexibility index (Phi) is 10.7. The van der Waals surface area contributed by atoms with Gasteiger partial charge in [-0.15, -0.1) is 0 Å². The highest BCUT2D eigenvalue weighted by Gasteiger charge is 2.47. The number of aliphatic hydroxyl groups is 2. The lowest BCUT2D eigenvalue weighted by atomic mass is 9.82. The summed E-state index contributed by atoms with van der Waals surface area (Å²) in [4.78, 5) is 15.3. The van der Waals surface area contributed by atoms with E-state index in [0.29, 0.717) is 19.3 Å². The standard InChI is InChI=1S/C22H40O6/c1-4-5-10-14-21(2,28-27)15-13-18-17(19(23)16-22(18,3)26)11-8-6-7-9-12-20(24)25/h13,15,17-19,23,26-27H,4-12,14,16H2,1-3H3,(H,24,25)/t17-,18-,19+,21?,22-/m1/s1. The van der Waals surface area contributed by atoms with Gasteiger partial charge in [-0.1, -0.05) is 57.6 Å². The van der Waals surface area contributed by atoms with E-state index < -0.39 is 23.3 Å². The second kappa shape index (κ2) is 11.9. The first-order chi connectivity index (χ1) is 13.1. The first-order valence-electron chi connectivity index (χ1n) is 10.8. The van der Waals surface area contributed by atoms with E-state index in [2.05, 4.69) is 6.92 Å². The average molecular weight is 401 g/mol. The Morgan fingerprint density at radius 1 is 1.21 bits per heavy atom. The molecule has 164 valence electrons. The number of carboxylic acid groups (broad SMARTS) is 1. The molecule has 1 fully saturated rings. The normalized spacial score (nSPS) is 30.0. The van der Waals surface area contributed by atoms with Crippen LogP contribution in [0.25, 0.3) is 0 Å². The SMILES string of the molecule is CCCCCC(C)(C=C[C@@H]1[C@@H](CCCCCCC(=O)O)[C@@H](O)C[C@@]1(C)O)OO. The molecule has 0 radical (unpaired) electrons. The minimum absolute atomic E-state index is 0.0516. The zero-order valence-electron chi connectivity index (χ0n) is 17.8. The summed E-state index contributed by atoms with van der Waals surface area (Å²) in [7, 11) is 0. The molecule has 0 aromatic rings. The van der Waals surface area contributed by atoms with Gasteiger partial charge in [-0.05, 0) is 39.0 Å². The lowest BCUT2D eigenvalue weighted by Crippen LogP contribution is -2.32. The van der Waals surface area contributed by atoms with Crippen LogP contribution < -0.4 is 0 Å². The van der Waals surface area contributed by atoms with Crippen molar-refractivity contribution in [3.05, 3.63) is 12.2 Å². The maximum Gasteiger partial charge on any atom is 0.303 e. The predicted octanol–water partition coefficient (Wildman–Crippen LogP) is 4.54. The van der Waals surface area contributed by atoms with Crippen LogP contribution in [0.4, 0.5) is 0 Å². The molecule has 0 aromatic carbocycles. The highest BCUT2D eigenvalue weighted by Crippen LogP contribution is 2.44. The molecule has 6 nitrogen and oxygen atoms in total. The Bertz CT molecular complexity index is 489. The van der Waals surface area contributed by atoms with Gasteiger partial charge in [0.05, 0.1) is 11.7 Å². The van der Waals surface area contributed by atoms with Gasteiger partial charge < -0.3 is 15.3 Å². The van der Waals surface area contributed by atoms with Gasteiger partial charge in [0.25, 0.3) is 0 Å². The summed E-state index contributed by atoms with van der Waals surface area (Å²) in [5.74, 6) is -1.02. The lowest BCUT2D eigenvalue weighted by molar-refractivity contribution is -0.304. The Balaban J connectivity index is 2.66. The summed E-state index contributed by atoms with van der Waals surface area (Å²) in [6.07, 6.45) is 11.6. The quantitative estimate of drug-likeness (QED) is 0.148. The highest BCUT2D eigenvalue weighted by molar-refractivity contribution is 5.66. The first kappa shape index (κ1) is 25.1. The highest BCUT2D eigenvalue weighted by atomic mass is 17.1. The molecule has 5 atom stereocenters. The molecule has 0 spiro atoms. The molecule has 1 rings (SSSR count). The summed E-state index contributed by atoms with van der Waals surface area (Å²) < 4.78 is 0. The van der Waals surface area contributed by atoms with E-state index in [1.54, 1.807) is 6.92 Å². The number of aliphatic carboxylic acids is 1. The van der Waals surface area contributed by atoms with Crippen molar-refractivity contribution < 1.29 is 30.3 Å². The maximum absolute atomic E-state index is 10.8. The molecule has 28 heavy (non-hydrogen) atoms. The van der Waals surface area contributed by atoms with E-state index in [1.165, 1.54) is 0 Å². The first-order valence-corrected chi connectivity index (χ1v) is 10.8. The van der Waals surface area contributed by atoms with Crippen LogP contribution in [0.3, 0.4) is 0 Å². The number of unbranched alkanes of at least 4 members (excludes halogenated alkanes) is 5. The zero-order chi connectivity index (χ0) is 21.2. The second-order valence-electron chi connectivity index (χ2n) is 8.89. The van der Waals surface area contributed by atoms with Crippen molar-refractivity contribution in [2.45, 2.75) is 109 Å². The molecule has 1 saturated carbocycles. The van der Waals surface area contributed by atoms with E-state index in [-0.39, 0.29) is 18.3 Å². The van der Waals surface area contributed by atoms with Crippen molar-refractivity contribution in [1.29, 1.82) is 0 Å². The molecule has 1 unspecified atom stereocenters. The van der Waals surface area contributed by atoms with Crippen LogP contribution in [-0.4, -0.2) is 43.9 Å². The van der Waals surface area contributed by atoms with Crippen molar-refractivity contribution in [3.63, 3.8) is 0 Å². The Labute approximate surface area is 169 Å². The average Bonchev–Trinajstić information content (AvgIpc) is 2.84. The molecule has 0 amide bonds. The number of carbonyl (C=O) groups is 1. The van der Waals surface area contributed by atoms with Crippen molar-refractivity contribution in [2.75, 3.05) is 0 Å². The molecule has 0 saturated heterocycles. The lowest BCUT2D eigenvalue weighted by Gasteiger charge is -2.29. The van der Waals surface area contributed by atoms with Gasteiger partial charge in [0.1, 0.15) is 5.60 Å². The van der Waals surface area contributed by atoms with Crippen LogP contribution in [0.15, 0.2) is 12.2 Å². The Morgan fingerprint density at radius 3 is 2.50 bits per heavy atom. The third-order valence-corrected chi connectivity index (χ3v) is 6.12. The van der Waals surface area contributed by atoms with E-state index >= 15 is 0 Å². The number of hydrogen-bond donors (Lipinski definition) is 4. The number of aliphatic hydroxyl groups excluding tert-OH is 1. The molecule has 6 heteroatoms. The summed E-state index contributed by atoms with van der Waals surface area (Å²) in [6, 6.07) is 0. The van der Waals surface area contributed by atoms with Gasteiger partial charge >= 0.3 is 5.97 Å². The summed E-state index contributed by atoms with van der Waals surface area (Å²) in [6.45, 7) is 5.71. The van der Waals surface area contributed by atoms with Gasteiger partial charge in [-0.25, -0.2) is 4.89 Å². The van der Waals surface area contributed by atoms with Gasteiger partial charge in [0, 0.05) is 18.8 Å². The third-order valence-electron chi connectivity index (χ3n) is 6.12. The summed E-state index contributed by atoms with van der Waals surface area (Å²) in [5, 5.41) is 39.3. The minimum atomic E-state index is -0.996. The Morgan fingerprint density at radius 2 is 1.89 bits per heavy atom.